The van der Waals surface area contributed by atoms with Crippen molar-refractivity contribution < 1.29 is 18.0 Å². The smallest absolute Gasteiger partial charge is 0.322 e. The molecule has 1 saturated heterocycles. The topological polar surface area (TPSA) is 41.1 Å². The zero-order chi connectivity index (χ0) is 18.0. The van der Waals surface area contributed by atoms with E-state index in [2.05, 4.69) is 10.6 Å². The first kappa shape index (κ1) is 17.5. The molecule has 1 amide bonds. The van der Waals surface area contributed by atoms with Gasteiger partial charge >= 0.3 is 6.18 Å². The third-order valence-corrected chi connectivity index (χ3v) is 4.49. The number of carbonyl (C=O) groups excluding carboxylic acids is 1. The van der Waals surface area contributed by atoms with Gasteiger partial charge in [-0.2, -0.15) is 13.2 Å². The van der Waals surface area contributed by atoms with Crippen molar-refractivity contribution in [3.63, 3.8) is 0 Å². The lowest BCUT2D eigenvalue weighted by Crippen LogP contribution is -2.15. The summed E-state index contributed by atoms with van der Waals surface area (Å²) >= 11 is 0. The van der Waals surface area contributed by atoms with Gasteiger partial charge in [-0.15, -0.1) is 0 Å². The van der Waals surface area contributed by atoms with Crippen LogP contribution in [0.4, 0.5) is 18.9 Å². The largest absolute Gasteiger partial charge is 0.416 e. The first-order valence-electron chi connectivity index (χ1n) is 8.14. The normalized spacial score (nSPS) is 17.5. The van der Waals surface area contributed by atoms with Crippen molar-refractivity contribution in [3.8, 4) is 0 Å². The fourth-order valence-corrected chi connectivity index (χ4v) is 3.12. The molecule has 3 nitrogen and oxygen atoms in total. The monoisotopic (exact) mass is 348 g/mol. The minimum absolute atomic E-state index is 0.129. The molecule has 2 aromatic carbocycles. The van der Waals surface area contributed by atoms with Crippen LogP contribution in [0.3, 0.4) is 0 Å². The van der Waals surface area contributed by atoms with Crippen LogP contribution in [0.2, 0.25) is 0 Å². The second-order valence-corrected chi connectivity index (χ2v) is 6.29. The fraction of sp³-hybridized carbons (Fsp3) is 0.316. The van der Waals surface area contributed by atoms with Crippen molar-refractivity contribution >= 4 is 11.6 Å². The van der Waals surface area contributed by atoms with Crippen LogP contribution in [0.1, 0.15) is 39.4 Å². The van der Waals surface area contributed by atoms with E-state index < -0.39 is 17.6 Å². The summed E-state index contributed by atoms with van der Waals surface area (Å²) in [6.45, 7) is 3.83. The zero-order valence-corrected chi connectivity index (χ0v) is 13.8. The molecule has 1 aliphatic heterocycles. The lowest BCUT2D eigenvalue weighted by Gasteiger charge is -2.15. The van der Waals surface area contributed by atoms with E-state index in [1.807, 2.05) is 19.1 Å². The zero-order valence-electron chi connectivity index (χ0n) is 13.8. The maximum Gasteiger partial charge on any atom is 0.416 e. The van der Waals surface area contributed by atoms with Crippen molar-refractivity contribution in [2.75, 3.05) is 18.4 Å². The number of halogens is 3. The van der Waals surface area contributed by atoms with Gasteiger partial charge in [-0.1, -0.05) is 12.1 Å². The summed E-state index contributed by atoms with van der Waals surface area (Å²) in [5.74, 6) is -0.0483. The molecule has 132 valence electrons. The molecular formula is C19H19F3N2O. The molecule has 1 atom stereocenters. The second kappa shape index (κ2) is 6.88. The Morgan fingerprint density at radius 2 is 2.00 bits per heavy atom. The lowest BCUT2D eigenvalue weighted by atomic mass is 9.92. The van der Waals surface area contributed by atoms with Gasteiger partial charge in [0, 0.05) is 17.8 Å². The molecule has 3 rings (SSSR count). The number of anilines is 1. The first-order chi connectivity index (χ1) is 11.8. The predicted molar refractivity (Wildman–Crippen MR) is 90.8 cm³/mol. The first-order valence-corrected chi connectivity index (χ1v) is 8.14. The number of carbonyl (C=O) groups is 1. The van der Waals surface area contributed by atoms with Crippen LogP contribution >= 0.6 is 0 Å². The molecule has 1 fully saturated rings. The lowest BCUT2D eigenvalue weighted by molar-refractivity contribution is -0.137. The third kappa shape index (κ3) is 4.02. The molecule has 0 bridgehead atoms. The summed E-state index contributed by atoms with van der Waals surface area (Å²) < 4.78 is 38.3. The Morgan fingerprint density at radius 3 is 2.68 bits per heavy atom. The van der Waals surface area contributed by atoms with Gasteiger partial charge < -0.3 is 10.6 Å². The van der Waals surface area contributed by atoms with Gasteiger partial charge in [-0.05, 0) is 67.3 Å². The van der Waals surface area contributed by atoms with Crippen molar-refractivity contribution in [2.45, 2.75) is 25.4 Å². The van der Waals surface area contributed by atoms with Gasteiger partial charge in [0.2, 0.25) is 0 Å². The Labute approximate surface area is 144 Å². The van der Waals surface area contributed by atoms with E-state index in [0.29, 0.717) is 11.5 Å². The molecular weight excluding hydrogens is 329 g/mol. The van der Waals surface area contributed by atoms with E-state index in [4.69, 9.17) is 0 Å². The highest BCUT2D eigenvalue weighted by Crippen LogP contribution is 2.31. The standard InChI is InChI=1S/C19H19F3N2O/c1-12-5-6-13(9-17(12)14-7-8-23-11-14)18(25)24-16-4-2-3-15(10-16)19(20,21)22/h2-6,9-10,14,23H,7-8,11H2,1H3,(H,24,25)/t14-/m1/s1. The Bertz CT molecular complexity index is 780. The minimum atomic E-state index is -4.44. The fourth-order valence-electron chi connectivity index (χ4n) is 3.12. The van der Waals surface area contributed by atoms with Crippen LogP contribution in [0.25, 0.3) is 0 Å². The molecule has 0 spiro atoms. The van der Waals surface area contributed by atoms with Gasteiger partial charge in [-0.25, -0.2) is 0 Å². The number of aryl methyl sites for hydroxylation is 1. The molecule has 1 aliphatic rings. The van der Waals surface area contributed by atoms with Gasteiger partial charge in [0.1, 0.15) is 0 Å². The second-order valence-electron chi connectivity index (χ2n) is 6.29. The quantitative estimate of drug-likeness (QED) is 0.866. The Kier molecular flexibility index (Phi) is 4.81. The number of nitrogens with one attached hydrogen (secondary N) is 2. The van der Waals surface area contributed by atoms with E-state index in [1.54, 1.807) is 6.07 Å². The molecule has 2 aromatic rings. The molecule has 0 unspecified atom stereocenters. The summed E-state index contributed by atoms with van der Waals surface area (Å²) in [6.07, 6.45) is -3.42. The molecule has 25 heavy (non-hydrogen) atoms. The van der Waals surface area contributed by atoms with Gasteiger partial charge in [0.15, 0.2) is 0 Å². The summed E-state index contributed by atoms with van der Waals surface area (Å²) in [5, 5.41) is 5.85. The summed E-state index contributed by atoms with van der Waals surface area (Å²) in [4.78, 5) is 12.4. The van der Waals surface area contributed by atoms with Crippen LogP contribution in [0, 0.1) is 6.92 Å². The Morgan fingerprint density at radius 1 is 1.20 bits per heavy atom. The highest BCUT2D eigenvalue weighted by Gasteiger charge is 2.30. The molecule has 0 saturated carbocycles. The molecule has 6 heteroatoms. The highest BCUT2D eigenvalue weighted by molar-refractivity contribution is 6.04. The van der Waals surface area contributed by atoms with Crippen molar-refractivity contribution in [2.24, 2.45) is 0 Å². The average Bonchev–Trinajstić information content (AvgIpc) is 3.09. The van der Waals surface area contributed by atoms with Gasteiger partial charge in [0.05, 0.1) is 5.56 Å². The Balaban J connectivity index is 1.81. The number of amides is 1. The summed E-state index contributed by atoms with van der Waals surface area (Å²) in [7, 11) is 0. The Hall–Kier alpha value is -2.34. The molecule has 0 aliphatic carbocycles. The summed E-state index contributed by atoms with van der Waals surface area (Å²) in [5.41, 5.74) is 2.02. The third-order valence-electron chi connectivity index (χ3n) is 4.49. The molecule has 0 radical (unpaired) electrons. The maximum absolute atomic E-state index is 12.8. The van der Waals surface area contributed by atoms with Crippen LogP contribution in [-0.4, -0.2) is 19.0 Å². The highest BCUT2D eigenvalue weighted by atomic mass is 19.4. The number of benzene rings is 2. The van der Waals surface area contributed by atoms with Crippen molar-refractivity contribution in [1.82, 2.24) is 5.32 Å². The number of hydrogen-bond donors (Lipinski definition) is 2. The molecule has 0 aromatic heterocycles. The average molecular weight is 348 g/mol. The van der Waals surface area contributed by atoms with E-state index in [9.17, 15) is 18.0 Å². The summed E-state index contributed by atoms with van der Waals surface area (Å²) in [6, 6.07) is 10.1. The number of rotatable bonds is 3. The van der Waals surface area contributed by atoms with E-state index in [0.717, 1.165) is 42.8 Å². The van der Waals surface area contributed by atoms with E-state index in [-0.39, 0.29) is 5.69 Å². The predicted octanol–water partition coefficient (Wildman–Crippen LogP) is 4.34. The maximum atomic E-state index is 12.8. The van der Waals surface area contributed by atoms with E-state index in [1.165, 1.54) is 12.1 Å². The van der Waals surface area contributed by atoms with Crippen molar-refractivity contribution in [1.29, 1.82) is 0 Å². The van der Waals surface area contributed by atoms with Gasteiger partial charge in [-0.3, -0.25) is 4.79 Å². The van der Waals surface area contributed by atoms with Crippen LogP contribution < -0.4 is 10.6 Å². The molecule has 1 heterocycles. The SMILES string of the molecule is Cc1ccc(C(=O)Nc2cccc(C(F)(F)F)c2)cc1[C@@H]1CCNC1. The van der Waals surface area contributed by atoms with Crippen LogP contribution in [-0.2, 0) is 6.18 Å². The minimum Gasteiger partial charge on any atom is -0.322 e. The molecule has 2 N–H and O–H groups in total. The van der Waals surface area contributed by atoms with Crippen LogP contribution in [0.5, 0.6) is 0 Å². The van der Waals surface area contributed by atoms with Crippen LogP contribution in [0.15, 0.2) is 42.5 Å². The van der Waals surface area contributed by atoms with Gasteiger partial charge in [0.25, 0.3) is 5.91 Å². The van der Waals surface area contributed by atoms with Crippen molar-refractivity contribution in [3.05, 3.63) is 64.7 Å². The number of alkyl halides is 3. The number of hydrogen-bond acceptors (Lipinski definition) is 2. The van der Waals surface area contributed by atoms with E-state index >= 15 is 0 Å².